The summed E-state index contributed by atoms with van der Waals surface area (Å²) in [4.78, 5) is 0. The van der Waals surface area contributed by atoms with Gasteiger partial charge in [-0.15, -0.1) is 0 Å². The Morgan fingerprint density at radius 3 is 2.16 bits per heavy atom. The lowest BCUT2D eigenvalue weighted by atomic mass is 10.0. The van der Waals surface area contributed by atoms with Crippen LogP contribution in [0.2, 0.25) is 0 Å². The van der Waals surface area contributed by atoms with E-state index in [1.54, 1.807) is 12.5 Å². The summed E-state index contributed by atoms with van der Waals surface area (Å²) >= 11 is 4.72. The quantitative estimate of drug-likeness (QED) is 0.564. The summed E-state index contributed by atoms with van der Waals surface area (Å²) in [6.45, 7) is 0. The smallest absolute Gasteiger partial charge is 0.266 e. The lowest BCUT2D eigenvalue weighted by molar-refractivity contribution is -0.0246. The van der Waals surface area contributed by atoms with Crippen molar-refractivity contribution < 1.29 is 9.47 Å². The predicted octanol–water partition coefficient (Wildman–Crippen LogP) is 5.08. The molecule has 0 bridgehead atoms. The van der Waals surface area contributed by atoms with E-state index >= 15 is 0 Å². The molecule has 0 unspecified atom stereocenters. The molecule has 0 spiro atoms. The first-order valence-corrected chi connectivity index (χ1v) is 7.92. The van der Waals surface area contributed by atoms with Crippen LogP contribution in [0.15, 0.2) is 55.0 Å². The van der Waals surface area contributed by atoms with Crippen LogP contribution in [0, 0.1) is 7.14 Å². The second-order valence-electron chi connectivity index (χ2n) is 4.10. The van der Waals surface area contributed by atoms with Crippen LogP contribution in [0.4, 0.5) is 0 Å². The molecule has 96 valence electrons. The maximum Gasteiger partial charge on any atom is 0.266 e. The Morgan fingerprint density at radius 2 is 1.47 bits per heavy atom. The molecule has 1 aliphatic heterocycles. The lowest BCUT2D eigenvalue weighted by Gasteiger charge is -2.13. The minimum absolute atomic E-state index is 0.308. The van der Waals surface area contributed by atoms with E-state index in [9.17, 15) is 0 Å². The van der Waals surface area contributed by atoms with Crippen LogP contribution in [0.3, 0.4) is 0 Å². The molecule has 0 amide bonds. The zero-order valence-electron chi connectivity index (χ0n) is 9.85. The number of hydrogen-bond acceptors (Lipinski definition) is 2. The third kappa shape index (κ3) is 2.74. The van der Waals surface area contributed by atoms with Crippen LogP contribution in [0.5, 0.6) is 0 Å². The molecule has 2 nitrogen and oxygen atoms in total. The van der Waals surface area contributed by atoms with Gasteiger partial charge in [0.1, 0.15) is 12.5 Å². The van der Waals surface area contributed by atoms with E-state index in [0.717, 1.165) is 5.56 Å². The zero-order valence-corrected chi connectivity index (χ0v) is 14.2. The van der Waals surface area contributed by atoms with Crippen molar-refractivity contribution in [1.82, 2.24) is 0 Å². The maximum absolute atomic E-state index is 5.36. The van der Waals surface area contributed by atoms with Gasteiger partial charge in [-0.3, -0.25) is 0 Å². The van der Waals surface area contributed by atoms with Crippen molar-refractivity contribution in [2.75, 3.05) is 0 Å². The minimum Gasteiger partial charge on any atom is -0.455 e. The highest BCUT2D eigenvalue weighted by atomic mass is 127. The number of halogens is 2. The van der Waals surface area contributed by atoms with Gasteiger partial charge in [0.25, 0.3) is 6.29 Å². The van der Waals surface area contributed by atoms with Gasteiger partial charge in [-0.05, 0) is 68.4 Å². The summed E-state index contributed by atoms with van der Waals surface area (Å²) in [6, 6.07) is 14.7. The molecule has 4 heteroatoms. The van der Waals surface area contributed by atoms with Crippen LogP contribution in [0.25, 0.3) is 11.1 Å². The van der Waals surface area contributed by atoms with Gasteiger partial charge in [0.15, 0.2) is 0 Å². The number of hydrogen-bond donors (Lipinski definition) is 0. The fourth-order valence-corrected chi connectivity index (χ4v) is 3.48. The Labute approximate surface area is 139 Å². The first-order valence-electron chi connectivity index (χ1n) is 5.76. The van der Waals surface area contributed by atoms with Gasteiger partial charge < -0.3 is 9.47 Å². The summed E-state index contributed by atoms with van der Waals surface area (Å²) in [5.41, 5.74) is 3.52. The van der Waals surface area contributed by atoms with Crippen LogP contribution >= 0.6 is 45.2 Å². The van der Waals surface area contributed by atoms with Gasteiger partial charge in [0.2, 0.25) is 0 Å². The maximum atomic E-state index is 5.36. The second kappa shape index (κ2) is 5.70. The molecular formula is C15H10I2O2. The van der Waals surface area contributed by atoms with Crippen molar-refractivity contribution in [2.24, 2.45) is 0 Å². The fraction of sp³-hybridized carbons (Fsp3) is 0.0667. The monoisotopic (exact) mass is 476 g/mol. The molecule has 0 N–H and O–H groups in total. The number of rotatable bonds is 2. The zero-order chi connectivity index (χ0) is 13.2. The molecule has 0 atom stereocenters. The van der Waals surface area contributed by atoms with Gasteiger partial charge in [-0.25, -0.2) is 0 Å². The van der Waals surface area contributed by atoms with Crippen LogP contribution < -0.4 is 0 Å². The van der Waals surface area contributed by atoms with Crippen molar-refractivity contribution >= 4 is 45.2 Å². The molecule has 1 aliphatic rings. The standard InChI is InChI=1S/C15H10I2O2/c16-13-4-2-1-3-11(13)12-6-5-10(9-14(12)17)15-18-7-8-19-15/h1-9,15H. The van der Waals surface area contributed by atoms with E-state index < -0.39 is 0 Å². The van der Waals surface area contributed by atoms with Crippen molar-refractivity contribution in [2.45, 2.75) is 6.29 Å². The van der Waals surface area contributed by atoms with E-state index in [2.05, 4.69) is 87.6 Å². The molecule has 0 saturated carbocycles. The summed E-state index contributed by atoms with van der Waals surface area (Å²) in [5.74, 6) is 0. The Kier molecular flexibility index (Phi) is 3.97. The Bertz CT molecular complexity index is 630. The normalized spacial score (nSPS) is 14.2. The topological polar surface area (TPSA) is 18.5 Å². The van der Waals surface area contributed by atoms with Crippen molar-refractivity contribution in [3.8, 4) is 11.1 Å². The average Bonchev–Trinajstić information content (AvgIpc) is 2.94. The fourth-order valence-electron chi connectivity index (χ4n) is 1.97. The first kappa shape index (κ1) is 13.2. The van der Waals surface area contributed by atoms with E-state index in [-0.39, 0.29) is 6.29 Å². The highest BCUT2D eigenvalue weighted by molar-refractivity contribution is 14.1. The van der Waals surface area contributed by atoms with Gasteiger partial charge in [-0.1, -0.05) is 30.3 Å². The highest BCUT2D eigenvalue weighted by Crippen LogP contribution is 2.32. The Morgan fingerprint density at radius 1 is 0.789 bits per heavy atom. The Balaban J connectivity index is 1.98. The predicted molar refractivity (Wildman–Crippen MR) is 91.4 cm³/mol. The molecule has 19 heavy (non-hydrogen) atoms. The Hall–Kier alpha value is -0.760. The first-order chi connectivity index (χ1) is 9.25. The third-order valence-corrected chi connectivity index (χ3v) is 4.72. The van der Waals surface area contributed by atoms with E-state index in [4.69, 9.17) is 9.47 Å². The van der Waals surface area contributed by atoms with Gasteiger partial charge >= 0.3 is 0 Å². The summed E-state index contributed by atoms with van der Waals surface area (Å²) in [7, 11) is 0. The van der Waals surface area contributed by atoms with Crippen molar-refractivity contribution in [3.63, 3.8) is 0 Å². The molecule has 1 heterocycles. The molecular weight excluding hydrogens is 466 g/mol. The molecule has 3 rings (SSSR count). The van der Waals surface area contributed by atoms with Gasteiger partial charge in [-0.2, -0.15) is 0 Å². The van der Waals surface area contributed by atoms with Crippen molar-refractivity contribution in [3.05, 3.63) is 67.7 Å². The van der Waals surface area contributed by atoms with E-state index in [1.807, 2.05) is 0 Å². The average molecular weight is 476 g/mol. The number of benzene rings is 2. The summed E-state index contributed by atoms with van der Waals surface area (Å²) in [6.07, 6.45) is 2.84. The molecule has 0 radical (unpaired) electrons. The molecule has 0 aromatic heterocycles. The van der Waals surface area contributed by atoms with Crippen LogP contribution in [0.1, 0.15) is 11.9 Å². The highest BCUT2D eigenvalue weighted by Gasteiger charge is 2.17. The SMILES string of the molecule is Ic1ccccc1-c1ccc(C2OC=CO2)cc1I. The largest absolute Gasteiger partial charge is 0.455 e. The van der Waals surface area contributed by atoms with E-state index in [0.29, 0.717) is 0 Å². The molecule has 2 aromatic rings. The van der Waals surface area contributed by atoms with Crippen LogP contribution in [-0.2, 0) is 9.47 Å². The third-order valence-electron chi connectivity index (χ3n) is 2.89. The van der Waals surface area contributed by atoms with Crippen molar-refractivity contribution in [1.29, 1.82) is 0 Å². The minimum atomic E-state index is -0.308. The van der Waals surface area contributed by atoms with Gasteiger partial charge in [0, 0.05) is 12.7 Å². The molecule has 0 saturated heterocycles. The molecule has 2 aromatic carbocycles. The lowest BCUT2D eigenvalue weighted by Crippen LogP contribution is -1.99. The van der Waals surface area contributed by atoms with E-state index in [1.165, 1.54) is 18.3 Å². The molecule has 0 fully saturated rings. The summed E-state index contributed by atoms with van der Waals surface area (Å²) < 4.78 is 13.2. The summed E-state index contributed by atoms with van der Waals surface area (Å²) in [5, 5.41) is 0. The van der Waals surface area contributed by atoms with Gasteiger partial charge in [0.05, 0.1) is 0 Å². The molecule has 0 aliphatic carbocycles. The van der Waals surface area contributed by atoms with Crippen LogP contribution in [-0.4, -0.2) is 0 Å². The second-order valence-corrected chi connectivity index (χ2v) is 6.42. The number of ether oxygens (including phenoxy) is 2.